The summed E-state index contributed by atoms with van der Waals surface area (Å²) >= 11 is 0. The molecule has 4 aromatic rings. The fourth-order valence-corrected chi connectivity index (χ4v) is 3.94. The molecule has 6 heteroatoms. The Hall–Kier alpha value is -3.67. The van der Waals surface area contributed by atoms with Crippen LogP contribution in [-0.4, -0.2) is 12.3 Å². The number of hydrogen-bond donors (Lipinski definition) is 2. The fourth-order valence-electron chi connectivity index (χ4n) is 3.94. The molecule has 0 fully saturated rings. The zero-order valence-corrected chi connectivity index (χ0v) is 17.2. The molecule has 0 aliphatic carbocycles. The van der Waals surface area contributed by atoms with Gasteiger partial charge in [-0.1, -0.05) is 35.5 Å². The van der Waals surface area contributed by atoms with Gasteiger partial charge in [0.25, 0.3) is 0 Å². The van der Waals surface area contributed by atoms with Crippen LogP contribution in [0, 0.1) is 13.8 Å². The fraction of sp³-hybridized carbons (Fsp3) is 0.208. The van der Waals surface area contributed by atoms with Gasteiger partial charge >= 0.3 is 0 Å². The van der Waals surface area contributed by atoms with Crippen molar-refractivity contribution in [2.75, 3.05) is 17.7 Å². The van der Waals surface area contributed by atoms with Gasteiger partial charge in [-0.05, 0) is 49.1 Å². The summed E-state index contributed by atoms with van der Waals surface area (Å²) in [5.41, 5.74) is 5.09. The number of hydrogen-bond acceptors (Lipinski definition) is 6. The molecule has 30 heavy (non-hydrogen) atoms. The number of ether oxygens (including phenoxy) is 2. The van der Waals surface area contributed by atoms with Gasteiger partial charge in [0.2, 0.25) is 0 Å². The molecule has 2 heterocycles. The van der Waals surface area contributed by atoms with E-state index in [2.05, 4.69) is 52.2 Å². The normalized spacial score (nSPS) is 13.0. The molecule has 2 N–H and O–H groups in total. The van der Waals surface area contributed by atoms with Gasteiger partial charge in [0.15, 0.2) is 11.5 Å². The zero-order chi connectivity index (χ0) is 20.7. The second-order valence-electron chi connectivity index (χ2n) is 7.43. The summed E-state index contributed by atoms with van der Waals surface area (Å²) in [6.07, 6.45) is -0.0731. The van der Waals surface area contributed by atoms with Gasteiger partial charge in [-0.3, -0.25) is 0 Å². The Morgan fingerprint density at radius 2 is 1.70 bits per heavy atom. The lowest BCUT2D eigenvalue weighted by Gasteiger charge is -2.30. The lowest BCUT2D eigenvalue weighted by molar-refractivity contribution is 0.281. The molecule has 0 amide bonds. The van der Waals surface area contributed by atoms with E-state index in [-0.39, 0.29) is 6.17 Å². The van der Waals surface area contributed by atoms with Gasteiger partial charge in [-0.15, -0.1) is 0 Å². The summed E-state index contributed by atoms with van der Waals surface area (Å²) in [5, 5.41) is 13.6. The zero-order valence-electron chi connectivity index (χ0n) is 17.2. The first-order valence-electron chi connectivity index (χ1n) is 9.91. The first-order chi connectivity index (χ1) is 14.6. The van der Waals surface area contributed by atoms with Crippen molar-refractivity contribution in [2.24, 2.45) is 0 Å². The van der Waals surface area contributed by atoms with Crippen LogP contribution in [0.4, 0.5) is 11.4 Å². The minimum Gasteiger partial charge on any atom is -0.493 e. The number of methoxy groups -OCH3 is 1. The largest absolute Gasteiger partial charge is 0.493 e. The van der Waals surface area contributed by atoms with E-state index in [1.165, 1.54) is 10.8 Å². The number of nitrogens with one attached hydrogen (secondary N) is 2. The third-order valence-electron chi connectivity index (χ3n) is 5.58. The molecule has 1 aliphatic heterocycles. The molecule has 0 bridgehead atoms. The summed E-state index contributed by atoms with van der Waals surface area (Å²) in [7, 11) is 1.65. The second kappa shape index (κ2) is 7.30. The Kier molecular flexibility index (Phi) is 4.47. The van der Waals surface area contributed by atoms with Gasteiger partial charge in [0, 0.05) is 16.8 Å². The Morgan fingerprint density at radius 3 is 2.33 bits per heavy atom. The molecule has 152 valence electrons. The number of rotatable bonds is 5. The van der Waals surface area contributed by atoms with E-state index >= 15 is 0 Å². The monoisotopic (exact) mass is 401 g/mol. The van der Waals surface area contributed by atoms with Crippen molar-refractivity contribution >= 4 is 22.1 Å². The summed E-state index contributed by atoms with van der Waals surface area (Å²) in [4.78, 5) is 0. The first kappa shape index (κ1) is 18.4. The van der Waals surface area contributed by atoms with Gasteiger partial charge in [-0.25, -0.2) is 0 Å². The van der Waals surface area contributed by atoms with Gasteiger partial charge < -0.3 is 24.6 Å². The van der Waals surface area contributed by atoms with Gasteiger partial charge in [0.1, 0.15) is 18.5 Å². The molecular weight excluding hydrogens is 378 g/mol. The molecule has 3 aromatic carbocycles. The van der Waals surface area contributed by atoms with Crippen molar-refractivity contribution < 1.29 is 14.0 Å². The minimum absolute atomic E-state index is 0.0731. The number of nitrogens with zero attached hydrogens (tertiary/aromatic N) is 1. The Morgan fingerprint density at radius 1 is 0.967 bits per heavy atom. The van der Waals surface area contributed by atoms with Crippen LogP contribution in [0.15, 0.2) is 59.1 Å². The van der Waals surface area contributed by atoms with Crippen molar-refractivity contribution in [1.29, 1.82) is 0 Å². The highest BCUT2D eigenvalue weighted by molar-refractivity contribution is 6.04. The molecule has 0 saturated carbocycles. The average molecular weight is 401 g/mol. The molecular formula is C24H23N3O3. The average Bonchev–Trinajstić information content (AvgIpc) is 3.09. The van der Waals surface area contributed by atoms with Crippen LogP contribution >= 0.6 is 0 Å². The summed E-state index contributed by atoms with van der Waals surface area (Å²) in [6, 6.07) is 18.6. The number of aryl methyl sites for hydroxylation is 2. The highest BCUT2D eigenvalue weighted by Crippen LogP contribution is 2.40. The molecule has 0 saturated heterocycles. The van der Waals surface area contributed by atoms with Crippen LogP contribution < -0.4 is 20.1 Å². The maximum atomic E-state index is 6.01. The molecule has 0 unspecified atom stereocenters. The third-order valence-corrected chi connectivity index (χ3v) is 5.58. The third kappa shape index (κ3) is 3.10. The first-order valence-corrected chi connectivity index (χ1v) is 9.91. The van der Waals surface area contributed by atoms with E-state index in [0.717, 1.165) is 34.0 Å². The predicted molar refractivity (Wildman–Crippen MR) is 117 cm³/mol. The number of anilines is 2. The highest BCUT2D eigenvalue weighted by Gasteiger charge is 2.21. The maximum Gasteiger partial charge on any atom is 0.161 e. The van der Waals surface area contributed by atoms with E-state index in [4.69, 9.17) is 14.0 Å². The second-order valence-corrected chi connectivity index (χ2v) is 7.43. The number of benzene rings is 3. The van der Waals surface area contributed by atoms with Crippen molar-refractivity contribution in [2.45, 2.75) is 26.6 Å². The Balaban J connectivity index is 1.41. The quantitative estimate of drug-likeness (QED) is 0.456. The van der Waals surface area contributed by atoms with Gasteiger partial charge in [-0.2, -0.15) is 0 Å². The minimum atomic E-state index is -0.0731. The highest BCUT2D eigenvalue weighted by atomic mass is 16.5. The topological polar surface area (TPSA) is 68.5 Å². The Bertz CT molecular complexity index is 1170. The van der Waals surface area contributed by atoms with Crippen LogP contribution in [0.5, 0.6) is 11.5 Å². The summed E-state index contributed by atoms with van der Waals surface area (Å²) in [6.45, 7) is 4.18. The van der Waals surface area contributed by atoms with Crippen LogP contribution in [0.1, 0.15) is 28.7 Å². The molecule has 1 aromatic heterocycles. The Labute approximate surface area is 174 Å². The van der Waals surface area contributed by atoms with Gasteiger partial charge in [0.05, 0.1) is 18.4 Å². The van der Waals surface area contributed by atoms with E-state index < -0.39 is 0 Å². The van der Waals surface area contributed by atoms with E-state index in [1.807, 2.05) is 32.0 Å². The molecule has 5 rings (SSSR count). The van der Waals surface area contributed by atoms with E-state index in [0.29, 0.717) is 18.1 Å². The lowest BCUT2D eigenvalue weighted by atomic mass is 10.0. The lowest BCUT2D eigenvalue weighted by Crippen LogP contribution is -2.23. The molecule has 0 atom stereocenters. The van der Waals surface area contributed by atoms with Crippen molar-refractivity contribution in [3.63, 3.8) is 0 Å². The smallest absolute Gasteiger partial charge is 0.161 e. The predicted octanol–water partition coefficient (Wildman–Crippen LogP) is 5.57. The summed E-state index contributed by atoms with van der Waals surface area (Å²) in [5.74, 6) is 2.13. The van der Waals surface area contributed by atoms with E-state index in [1.54, 1.807) is 7.11 Å². The van der Waals surface area contributed by atoms with Crippen molar-refractivity contribution in [3.05, 3.63) is 77.2 Å². The van der Waals surface area contributed by atoms with E-state index in [9.17, 15) is 0 Å². The molecule has 6 nitrogen and oxygen atoms in total. The van der Waals surface area contributed by atoms with Crippen molar-refractivity contribution in [3.8, 4) is 11.5 Å². The van der Waals surface area contributed by atoms with Crippen LogP contribution in [0.2, 0.25) is 0 Å². The maximum absolute atomic E-state index is 6.01. The standard InChI is InChI=1S/C24H23N3O3/c1-14-18(15(2)30-27-14)13-29-21-11-10-17(12-22(21)28-3)24-25-19-8-4-6-16-7-5-9-20(26-24)23(16)19/h4-12,24-26H,13H2,1-3H3. The number of aromatic nitrogens is 1. The SMILES string of the molecule is COc1cc(C2Nc3cccc4cccc(c34)N2)ccc1OCc1c(C)noc1C. The molecule has 1 aliphatic rings. The van der Waals surface area contributed by atoms with Crippen molar-refractivity contribution in [1.82, 2.24) is 5.16 Å². The van der Waals surface area contributed by atoms with Crippen LogP contribution in [-0.2, 0) is 6.61 Å². The molecule has 0 spiro atoms. The molecule has 0 radical (unpaired) electrons. The van der Waals surface area contributed by atoms with Crippen LogP contribution in [0.25, 0.3) is 10.8 Å². The summed E-state index contributed by atoms with van der Waals surface area (Å²) < 4.78 is 16.8. The van der Waals surface area contributed by atoms with Crippen LogP contribution in [0.3, 0.4) is 0 Å².